The molecule has 0 aliphatic rings. The van der Waals surface area contributed by atoms with Gasteiger partial charge in [0.1, 0.15) is 0 Å². The zero-order valence-electron chi connectivity index (χ0n) is 10.4. The van der Waals surface area contributed by atoms with Crippen LogP contribution < -0.4 is 0 Å². The second-order valence-corrected chi connectivity index (χ2v) is 5.39. The van der Waals surface area contributed by atoms with E-state index in [-0.39, 0.29) is 6.42 Å². The second-order valence-electron chi connectivity index (χ2n) is 4.47. The maximum atomic E-state index is 12.4. The molecule has 1 N–H and O–H groups in total. The summed E-state index contributed by atoms with van der Waals surface area (Å²) in [6.07, 6.45) is -4.81. The highest BCUT2D eigenvalue weighted by atomic mass is 79.9. The molecule has 0 radical (unpaired) electrons. The average molecular weight is 345 g/mol. The number of alkyl halides is 3. The van der Waals surface area contributed by atoms with Crippen molar-refractivity contribution in [3.8, 4) is 0 Å². The van der Waals surface area contributed by atoms with Crippen LogP contribution in [0.25, 0.3) is 0 Å². The Labute approximate surface area is 123 Å². The monoisotopic (exact) mass is 344 g/mol. The van der Waals surface area contributed by atoms with E-state index in [1.807, 2.05) is 6.07 Å². The smallest absolute Gasteiger partial charge is 0.388 e. The van der Waals surface area contributed by atoms with Crippen molar-refractivity contribution in [2.45, 2.75) is 18.7 Å². The molecule has 0 bridgehead atoms. The topological polar surface area (TPSA) is 20.2 Å². The van der Waals surface area contributed by atoms with Gasteiger partial charge in [-0.25, -0.2) is 0 Å². The number of rotatable bonds is 3. The molecule has 0 saturated heterocycles. The third-order valence-corrected chi connectivity index (χ3v) is 3.44. The number of aliphatic hydroxyl groups is 1. The van der Waals surface area contributed by atoms with Crippen molar-refractivity contribution in [2.75, 3.05) is 0 Å². The minimum absolute atomic E-state index is 0.272. The van der Waals surface area contributed by atoms with Crippen molar-refractivity contribution >= 4 is 15.9 Å². The molecule has 2 rings (SSSR count). The fourth-order valence-electron chi connectivity index (χ4n) is 1.88. The third-order valence-electron chi connectivity index (χ3n) is 2.94. The summed E-state index contributed by atoms with van der Waals surface area (Å²) in [5.41, 5.74) is 0.697. The summed E-state index contributed by atoms with van der Waals surface area (Å²) in [6.45, 7) is 0. The van der Waals surface area contributed by atoms with Gasteiger partial charge >= 0.3 is 6.18 Å². The summed E-state index contributed by atoms with van der Waals surface area (Å²) in [6, 6.07) is 12.1. The van der Waals surface area contributed by atoms with Gasteiger partial charge in [0.2, 0.25) is 0 Å². The molecule has 20 heavy (non-hydrogen) atoms. The second kappa shape index (κ2) is 5.97. The maximum Gasteiger partial charge on any atom is 0.416 e. The first-order valence-electron chi connectivity index (χ1n) is 5.96. The van der Waals surface area contributed by atoms with E-state index in [1.54, 1.807) is 18.2 Å². The molecule has 5 heteroatoms. The Morgan fingerprint density at radius 3 is 2.25 bits per heavy atom. The van der Waals surface area contributed by atoms with Gasteiger partial charge in [0.15, 0.2) is 0 Å². The Bertz CT molecular complexity index is 578. The first kappa shape index (κ1) is 15.1. The van der Waals surface area contributed by atoms with Crippen LogP contribution in [0.5, 0.6) is 0 Å². The first-order valence-corrected chi connectivity index (χ1v) is 6.75. The highest BCUT2D eigenvalue weighted by Crippen LogP contribution is 2.30. The summed E-state index contributed by atoms with van der Waals surface area (Å²) in [4.78, 5) is 0. The number of halogens is 4. The maximum absolute atomic E-state index is 12.4. The summed E-state index contributed by atoms with van der Waals surface area (Å²) in [7, 11) is 0. The van der Waals surface area contributed by atoms with E-state index in [0.29, 0.717) is 5.56 Å². The average Bonchev–Trinajstić information content (AvgIpc) is 2.38. The molecule has 1 atom stereocenters. The van der Waals surface area contributed by atoms with Crippen molar-refractivity contribution in [1.29, 1.82) is 0 Å². The Balaban J connectivity index is 2.10. The van der Waals surface area contributed by atoms with Crippen LogP contribution in [0.3, 0.4) is 0 Å². The van der Waals surface area contributed by atoms with Gasteiger partial charge in [0.25, 0.3) is 0 Å². The predicted octanol–water partition coefficient (Wildman–Crippen LogP) is 4.74. The number of hydrogen-bond donors (Lipinski definition) is 1. The Morgan fingerprint density at radius 1 is 1.05 bits per heavy atom. The Kier molecular flexibility index (Phi) is 4.50. The van der Waals surface area contributed by atoms with E-state index in [0.717, 1.165) is 22.2 Å². The molecule has 0 aromatic heterocycles. The molecule has 0 fully saturated rings. The fraction of sp³-hybridized carbons (Fsp3) is 0.200. The van der Waals surface area contributed by atoms with E-state index in [4.69, 9.17) is 0 Å². The number of aliphatic hydroxyl groups excluding tert-OH is 1. The van der Waals surface area contributed by atoms with Crippen LogP contribution >= 0.6 is 15.9 Å². The van der Waals surface area contributed by atoms with Gasteiger partial charge in [-0.1, -0.05) is 40.2 Å². The summed E-state index contributed by atoms with van der Waals surface area (Å²) < 4.78 is 38.2. The van der Waals surface area contributed by atoms with E-state index < -0.39 is 17.8 Å². The zero-order valence-corrected chi connectivity index (χ0v) is 11.9. The van der Waals surface area contributed by atoms with Gasteiger partial charge in [-0.3, -0.25) is 0 Å². The lowest BCUT2D eigenvalue weighted by Gasteiger charge is -2.12. The number of hydrogen-bond acceptors (Lipinski definition) is 1. The summed E-state index contributed by atoms with van der Waals surface area (Å²) in [5.74, 6) is 0. The lowest BCUT2D eigenvalue weighted by molar-refractivity contribution is -0.137. The molecule has 106 valence electrons. The van der Waals surface area contributed by atoms with E-state index >= 15 is 0 Å². The highest BCUT2D eigenvalue weighted by molar-refractivity contribution is 9.10. The predicted molar refractivity (Wildman–Crippen MR) is 74.2 cm³/mol. The van der Waals surface area contributed by atoms with Crippen LogP contribution in [0.4, 0.5) is 13.2 Å². The van der Waals surface area contributed by atoms with E-state index in [2.05, 4.69) is 15.9 Å². The van der Waals surface area contributed by atoms with Gasteiger partial charge in [-0.05, 0) is 35.4 Å². The molecular weight excluding hydrogens is 333 g/mol. The quantitative estimate of drug-likeness (QED) is 0.852. The number of benzene rings is 2. The molecule has 2 aromatic rings. The first-order chi connectivity index (χ1) is 9.36. The molecule has 1 nitrogen and oxygen atoms in total. The molecular formula is C15H12BrF3O. The van der Waals surface area contributed by atoms with Gasteiger partial charge in [0.05, 0.1) is 11.7 Å². The molecule has 0 aliphatic carbocycles. The molecule has 0 saturated carbocycles. The minimum Gasteiger partial charge on any atom is -0.388 e. The van der Waals surface area contributed by atoms with Crippen LogP contribution in [0.15, 0.2) is 53.0 Å². The van der Waals surface area contributed by atoms with E-state index in [9.17, 15) is 18.3 Å². The van der Waals surface area contributed by atoms with Crippen molar-refractivity contribution in [3.05, 3.63) is 69.7 Å². The third kappa shape index (κ3) is 3.84. The standard InChI is InChI=1S/C15H12BrF3O/c16-13-3-1-2-11(9-13)14(20)8-10-4-6-12(7-5-10)15(17,18)19/h1-7,9,14,20H,8H2. The van der Waals surface area contributed by atoms with Crippen molar-refractivity contribution in [3.63, 3.8) is 0 Å². The lowest BCUT2D eigenvalue weighted by atomic mass is 10.0. The van der Waals surface area contributed by atoms with Crippen LogP contribution in [0, 0.1) is 0 Å². The van der Waals surface area contributed by atoms with Gasteiger partial charge in [-0.2, -0.15) is 13.2 Å². The van der Waals surface area contributed by atoms with Gasteiger partial charge in [-0.15, -0.1) is 0 Å². The van der Waals surface area contributed by atoms with Crippen LogP contribution in [0.1, 0.15) is 22.8 Å². The molecule has 0 aliphatic heterocycles. The Morgan fingerprint density at radius 2 is 1.70 bits per heavy atom. The van der Waals surface area contributed by atoms with Crippen LogP contribution in [-0.4, -0.2) is 5.11 Å². The van der Waals surface area contributed by atoms with Crippen LogP contribution in [0.2, 0.25) is 0 Å². The summed E-state index contributed by atoms with van der Waals surface area (Å²) in [5, 5.41) is 10.1. The van der Waals surface area contributed by atoms with Crippen molar-refractivity contribution in [2.24, 2.45) is 0 Å². The van der Waals surface area contributed by atoms with Gasteiger partial charge < -0.3 is 5.11 Å². The lowest BCUT2D eigenvalue weighted by Crippen LogP contribution is -2.06. The molecule has 0 amide bonds. The molecule has 1 unspecified atom stereocenters. The van der Waals surface area contributed by atoms with Gasteiger partial charge in [0, 0.05) is 10.9 Å². The van der Waals surface area contributed by atoms with Crippen molar-refractivity contribution in [1.82, 2.24) is 0 Å². The van der Waals surface area contributed by atoms with Crippen LogP contribution in [-0.2, 0) is 12.6 Å². The Hall–Kier alpha value is -1.33. The fourth-order valence-corrected chi connectivity index (χ4v) is 2.30. The van der Waals surface area contributed by atoms with Crippen molar-refractivity contribution < 1.29 is 18.3 Å². The highest BCUT2D eigenvalue weighted by Gasteiger charge is 2.29. The normalized spacial score (nSPS) is 13.2. The molecule has 2 aromatic carbocycles. The SMILES string of the molecule is OC(Cc1ccc(C(F)(F)F)cc1)c1cccc(Br)c1. The largest absolute Gasteiger partial charge is 0.416 e. The molecule has 0 spiro atoms. The molecule has 0 heterocycles. The minimum atomic E-state index is -4.33. The summed E-state index contributed by atoms with van der Waals surface area (Å²) >= 11 is 3.31. The van der Waals surface area contributed by atoms with E-state index in [1.165, 1.54) is 12.1 Å². The zero-order chi connectivity index (χ0) is 14.8.